The molecule has 23 heavy (non-hydrogen) atoms. The molecule has 1 N–H and O–H groups in total. The number of rotatable bonds is 5. The van der Waals surface area contributed by atoms with Crippen molar-refractivity contribution in [2.24, 2.45) is 0 Å². The molecule has 0 unspecified atom stereocenters. The largest absolute Gasteiger partial charge is 0.491 e. The van der Waals surface area contributed by atoms with Crippen molar-refractivity contribution in [1.82, 2.24) is 10.2 Å². The van der Waals surface area contributed by atoms with Gasteiger partial charge in [0.25, 0.3) is 0 Å². The van der Waals surface area contributed by atoms with Crippen LogP contribution in [0.3, 0.4) is 0 Å². The van der Waals surface area contributed by atoms with Crippen LogP contribution in [0.4, 0.5) is 0 Å². The Labute approximate surface area is 138 Å². The minimum atomic E-state index is -0.374. The molecule has 0 aliphatic carbocycles. The molecule has 0 bridgehead atoms. The van der Waals surface area contributed by atoms with E-state index in [2.05, 4.69) is 5.32 Å². The highest BCUT2D eigenvalue weighted by Gasteiger charge is 2.28. The third-order valence-corrected chi connectivity index (χ3v) is 3.93. The summed E-state index contributed by atoms with van der Waals surface area (Å²) in [6.07, 6.45) is 2.77. The molecule has 5 nitrogen and oxygen atoms in total. The summed E-state index contributed by atoms with van der Waals surface area (Å²) in [5, 5.41) is 2.89. The first-order valence-corrected chi connectivity index (χ1v) is 8.28. The Morgan fingerprint density at radius 1 is 1.30 bits per heavy atom. The van der Waals surface area contributed by atoms with Gasteiger partial charge in [0.1, 0.15) is 11.8 Å². The van der Waals surface area contributed by atoms with E-state index in [1.807, 2.05) is 38.1 Å². The van der Waals surface area contributed by atoms with E-state index in [1.54, 1.807) is 4.90 Å². The fraction of sp³-hybridized carbons (Fsp3) is 0.556. The fourth-order valence-electron chi connectivity index (χ4n) is 2.80. The average Bonchev–Trinajstić information content (AvgIpc) is 2.70. The fourth-order valence-corrected chi connectivity index (χ4v) is 2.80. The molecular weight excluding hydrogens is 292 g/mol. The van der Waals surface area contributed by atoms with Gasteiger partial charge in [-0.1, -0.05) is 12.1 Å². The van der Waals surface area contributed by atoms with Crippen LogP contribution in [-0.4, -0.2) is 35.4 Å². The van der Waals surface area contributed by atoms with Crippen LogP contribution in [0.15, 0.2) is 24.3 Å². The highest BCUT2D eigenvalue weighted by molar-refractivity contribution is 5.87. The molecule has 1 saturated heterocycles. The molecule has 0 radical (unpaired) electrons. The Hall–Kier alpha value is -2.04. The summed E-state index contributed by atoms with van der Waals surface area (Å²) in [7, 11) is 0. The highest BCUT2D eigenvalue weighted by Crippen LogP contribution is 2.19. The number of nitrogens with one attached hydrogen (secondary N) is 1. The van der Waals surface area contributed by atoms with Crippen molar-refractivity contribution in [3.63, 3.8) is 0 Å². The first-order valence-electron chi connectivity index (χ1n) is 8.28. The van der Waals surface area contributed by atoms with Crippen LogP contribution in [-0.2, 0) is 16.1 Å². The van der Waals surface area contributed by atoms with Crippen LogP contribution < -0.4 is 10.1 Å². The van der Waals surface area contributed by atoms with Gasteiger partial charge < -0.3 is 15.0 Å². The van der Waals surface area contributed by atoms with Crippen LogP contribution in [0, 0.1) is 0 Å². The second-order valence-electron chi connectivity index (χ2n) is 6.26. The van der Waals surface area contributed by atoms with Gasteiger partial charge in [-0.05, 0) is 50.8 Å². The molecule has 1 aromatic carbocycles. The molecule has 1 aromatic rings. The molecule has 0 aromatic heterocycles. The average molecular weight is 318 g/mol. The SMILES string of the molecule is CC(=O)N(Cc1ccc(OC(C)C)cc1)[C@H]1CCCCNC1=O. The maximum absolute atomic E-state index is 12.2. The lowest BCUT2D eigenvalue weighted by molar-refractivity contribution is -0.139. The topological polar surface area (TPSA) is 58.6 Å². The van der Waals surface area contributed by atoms with Crippen molar-refractivity contribution in [1.29, 1.82) is 0 Å². The molecular formula is C18H26N2O3. The van der Waals surface area contributed by atoms with Crippen LogP contribution in [0.1, 0.15) is 45.6 Å². The predicted molar refractivity (Wildman–Crippen MR) is 89.1 cm³/mol. The highest BCUT2D eigenvalue weighted by atomic mass is 16.5. The summed E-state index contributed by atoms with van der Waals surface area (Å²) in [5.74, 6) is 0.692. The quantitative estimate of drug-likeness (QED) is 0.907. The Morgan fingerprint density at radius 3 is 2.61 bits per heavy atom. The van der Waals surface area contributed by atoms with Crippen LogP contribution >= 0.6 is 0 Å². The van der Waals surface area contributed by atoms with Crippen LogP contribution in [0.25, 0.3) is 0 Å². The first kappa shape index (κ1) is 17.3. The van der Waals surface area contributed by atoms with Crippen molar-refractivity contribution in [3.8, 4) is 5.75 Å². The summed E-state index contributed by atoms with van der Waals surface area (Å²) in [4.78, 5) is 25.9. The second-order valence-corrected chi connectivity index (χ2v) is 6.26. The van der Waals surface area contributed by atoms with E-state index in [0.29, 0.717) is 13.1 Å². The van der Waals surface area contributed by atoms with Crippen molar-refractivity contribution in [2.75, 3.05) is 6.54 Å². The Kier molecular flexibility index (Phi) is 6.02. The lowest BCUT2D eigenvalue weighted by Crippen LogP contribution is -2.47. The monoisotopic (exact) mass is 318 g/mol. The molecule has 0 saturated carbocycles. The molecule has 1 atom stereocenters. The van der Waals surface area contributed by atoms with E-state index < -0.39 is 0 Å². The van der Waals surface area contributed by atoms with E-state index in [1.165, 1.54) is 6.92 Å². The third-order valence-electron chi connectivity index (χ3n) is 3.93. The minimum absolute atomic E-state index is 0.0440. The number of benzene rings is 1. The van der Waals surface area contributed by atoms with E-state index in [-0.39, 0.29) is 24.0 Å². The zero-order valence-corrected chi connectivity index (χ0v) is 14.2. The van der Waals surface area contributed by atoms with E-state index >= 15 is 0 Å². The number of ether oxygens (including phenoxy) is 1. The molecule has 5 heteroatoms. The van der Waals surface area contributed by atoms with Crippen molar-refractivity contribution in [2.45, 2.75) is 58.7 Å². The maximum atomic E-state index is 12.2. The maximum Gasteiger partial charge on any atom is 0.242 e. The van der Waals surface area contributed by atoms with Gasteiger partial charge in [0, 0.05) is 20.0 Å². The van der Waals surface area contributed by atoms with Crippen molar-refractivity contribution >= 4 is 11.8 Å². The van der Waals surface area contributed by atoms with Gasteiger partial charge in [-0.3, -0.25) is 9.59 Å². The summed E-state index contributed by atoms with van der Waals surface area (Å²) in [6, 6.07) is 7.33. The van der Waals surface area contributed by atoms with Gasteiger partial charge >= 0.3 is 0 Å². The number of nitrogens with zero attached hydrogens (tertiary/aromatic N) is 1. The molecule has 2 amide bonds. The van der Waals surface area contributed by atoms with E-state index in [0.717, 1.165) is 30.6 Å². The molecule has 126 valence electrons. The van der Waals surface area contributed by atoms with Gasteiger partial charge in [0.2, 0.25) is 11.8 Å². The van der Waals surface area contributed by atoms with Gasteiger partial charge in [-0.15, -0.1) is 0 Å². The van der Waals surface area contributed by atoms with Crippen molar-refractivity contribution in [3.05, 3.63) is 29.8 Å². The Bertz CT molecular complexity index is 540. The number of hydrogen-bond acceptors (Lipinski definition) is 3. The minimum Gasteiger partial charge on any atom is -0.491 e. The number of carbonyl (C=O) groups is 2. The molecule has 1 aliphatic rings. The van der Waals surface area contributed by atoms with Gasteiger partial charge in [0.15, 0.2) is 0 Å². The zero-order chi connectivity index (χ0) is 16.8. The van der Waals surface area contributed by atoms with E-state index in [9.17, 15) is 9.59 Å². The normalized spacial score (nSPS) is 18.3. The molecule has 2 rings (SSSR count). The number of amides is 2. The smallest absolute Gasteiger partial charge is 0.242 e. The third kappa shape index (κ3) is 4.98. The number of hydrogen-bond donors (Lipinski definition) is 1. The number of carbonyl (C=O) groups excluding carboxylic acids is 2. The molecule has 1 fully saturated rings. The molecule has 1 aliphatic heterocycles. The predicted octanol–water partition coefficient (Wildman–Crippen LogP) is 2.49. The second kappa shape index (κ2) is 7.99. The summed E-state index contributed by atoms with van der Waals surface area (Å²) < 4.78 is 5.63. The first-order chi connectivity index (χ1) is 11.0. The van der Waals surface area contributed by atoms with E-state index in [4.69, 9.17) is 4.74 Å². The Balaban J connectivity index is 2.09. The Morgan fingerprint density at radius 2 is 2.00 bits per heavy atom. The summed E-state index contributed by atoms with van der Waals surface area (Å²) >= 11 is 0. The van der Waals surface area contributed by atoms with Gasteiger partial charge in [-0.2, -0.15) is 0 Å². The molecule has 1 heterocycles. The van der Waals surface area contributed by atoms with Crippen LogP contribution in [0.5, 0.6) is 5.75 Å². The standard InChI is InChI=1S/C18H26N2O3/c1-13(2)23-16-9-7-15(8-10-16)12-20(14(3)21)17-6-4-5-11-19-18(17)22/h7-10,13,17H,4-6,11-12H2,1-3H3,(H,19,22)/t17-/m0/s1. The zero-order valence-electron chi connectivity index (χ0n) is 14.2. The van der Waals surface area contributed by atoms with Crippen molar-refractivity contribution < 1.29 is 14.3 Å². The lowest BCUT2D eigenvalue weighted by Gasteiger charge is -2.29. The molecule has 0 spiro atoms. The summed E-state index contributed by atoms with van der Waals surface area (Å²) in [5.41, 5.74) is 0.994. The van der Waals surface area contributed by atoms with Gasteiger partial charge in [0.05, 0.1) is 6.10 Å². The van der Waals surface area contributed by atoms with Gasteiger partial charge in [-0.25, -0.2) is 0 Å². The summed E-state index contributed by atoms with van der Waals surface area (Å²) in [6.45, 7) is 6.62. The lowest BCUT2D eigenvalue weighted by atomic mass is 10.1. The van der Waals surface area contributed by atoms with Crippen LogP contribution in [0.2, 0.25) is 0 Å².